The van der Waals surface area contributed by atoms with Crippen LogP contribution in [0.5, 0.6) is 0 Å². The van der Waals surface area contributed by atoms with Gasteiger partial charge in [-0.3, -0.25) is 19.0 Å². The van der Waals surface area contributed by atoms with Crippen LogP contribution in [0.2, 0.25) is 0 Å². The number of rotatable bonds is 4. The summed E-state index contributed by atoms with van der Waals surface area (Å²) >= 11 is 0. The summed E-state index contributed by atoms with van der Waals surface area (Å²) in [6.07, 6.45) is 5.01. The lowest BCUT2D eigenvalue weighted by Crippen LogP contribution is -2.33. The van der Waals surface area contributed by atoms with Crippen molar-refractivity contribution < 1.29 is 9.59 Å². The van der Waals surface area contributed by atoms with Gasteiger partial charge in [-0.1, -0.05) is 30.5 Å². The maximum atomic E-state index is 13.0. The standard InChI is InChI=1S/C26H30N4O3/c1-16-12-17(2)24(18(3)13-16)29-23(31)15-27-25(32)19-9-10-20-21(14-19)28-22-8-6-4-5-7-11-30(22)26(20)33/h9-10,12-14H,4-8,11,15H2,1-3H3,(H,27,32)(H,29,31). The first-order valence-electron chi connectivity index (χ1n) is 11.5. The van der Waals surface area contributed by atoms with Gasteiger partial charge >= 0.3 is 0 Å². The predicted molar refractivity (Wildman–Crippen MR) is 130 cm³/mol. The third kappa shape index (κ3) is 4.97. The Morgan fingerprint density at radius 3 is 2.48 bits per heavy atom. The topological polar surface area (TPSA) is 93.1 Å². The molecule has 0 spiro atoms. The fourth-order valence-electron chi connectivity index (χ4n) is 4.56. The van der Waals surface area contributed by atoms with Crippen LogP contribution >= 0.6 is 0 Å². The average molecular weight is 447 g/mol. The fraction of sp³-hybridized carbons (Fsp3) is 0.385. The van der Waals surface area contributed by atoms with Gasteiger partial charge in [-0.15, -0.1) is 0 Å². The number of benzene rings is 2. The second-order valence-electron chi connectivity index (χ2n) is 8.89. The van der Waals surface area contributed by atoms with E-state index in [1.807, 2.05) is 32.9 Å². The van der Waals surface area contributed by atoms with E-state index in [0.717, 1.165) is 60.3 Å². The molecule has 2 amide bonds. The smallest absolute Gasteiger partial charge is 0.261 e. The molecule has 0 saturated carbocycles. The molecule has 1 aromatic heterocycles. The molecule has 2 N–H and O–H groups in total. The molecule has 33 heavy (non-hydrogen) atoms. The Morgan fingerprint density at radius 2 is 1.73 bits per heavy atom. The molecule has 0 unspecified atom stereocenters. The van der Waals surface area contributed by atoms with E-state index in [1.165, 1.54) is 0 Å². The monoisotopic (exact) mass is 446 g/mol. The largest absolute Gasteiger partial charge is 0.343 e. The van der Waals surface area contributed by atoms with Gasteiger partial charge in [0.05, 0.1) is 17.4 Å². The summed E-state index contributed by atoms with van der Waals surface area (Å²) in [6.45, 7) is 6.44. The molecule has 3 aromatic rings. The lowest BCUT2D eigenvalue weighted by Gasteiger charge is -2.16. The van der Waals surface area contributed by atoms with Gasteiger partial charge in [0.2, 0.25) is 5.91 Å². The van der Waals surface area contributed by atoms with Crippen molar-refractivity contribution in [3.05, 3.63) is 68.8 Å². The molecule has 0 aliphatic carbocycles. The lowest BCUT2D eigenvalue weighted by molar-refractivity contribution is -0.115. The molecule has 0 atom stereocenters. The second-order valence-corrected chi connectivity index (χ2v) is 8.89. The van der Waals surface area contributed by atoms with Crippen molar-refractivity contribution in [1.29, 1.82) is 0 Å². The van der Waals surface area contributed by atoms with Crippen molar-refractivity contribution in [3.63, 3.8) is 0 Å². The minimum absolute atomic E-state index is 0.0490. The Bertz CT molecular complexity index is 1270. The highest BCUT2D eigenvalue weighted by Crippen LogP contribution is 2.22. The molecule has 2 heterocycles. The second kappa shape index (κ2) is 9.57. The van der Waals surface area contributed by atoms with Crippen LogP contribution < -0.4 is 16.2 Å². The first kappa shape index (κ1) is 22.7. The van der Waals surface area contributed by atoms with E-state index in [2.05, 4.69) is 10.6 Å². The highest BCUT2D eigenvalue weighted by molar-refractivity contribution is 6.01. The summed E-state index contributed by atoms with van der Waals surface area (Å²) in [5, 5.41) is 6.06. The first-order chi connectivity index (χ1) is 15.8. The van der Waals surface area contributed by atoms with Gasteiger partial charge in [0.25, 0.3) is 11.5 Å². The zero-order chi connectivity index (χ0) is 23.5. The summed E-state index contributed by atoms with van der Waals surface area (Å²) in [4.78, 5) is 42.8. The highest BCUT2D eigenvalue weighted by Gasteiger charge is 2.16. The minimum Gasteiger partial charge on any atom is -0.343 e. The first-order valence-corrected chi connectivity index (χ1v) is 11.5. The third-order valence-electron chi connectivity index (χ3n) is 6.18. The number of nitrogens with zero attached hydrogens (tertiary/aromatic N) is 2. The number of hydrogen-bond acceptors (Lipinski definition) is 4. The fourth-order valence-corrected chi connectivity index (χ4v) is 4.56. The van der Waals surface area contributed by atoms with E-state index in [-0.39, 0.29) is 23.9 Å². The number of carbonyl (C=O) groups excluding carboxylic acids is 2. The molecule has 7 nitrogen and oxygen atoms in total. The molecular formula is C26H30N4O3. The number of amides is 2. The van der Waals surface area contributed by atoms with Crippen molar-refractivity contribution >= 4 is 28.4 Å². The van der Waals surface area contributed by atoms with Crippen LogP contribution in [0.15, 0.2) is 35.1 Å². The minimum atomic E-state index is -0.377. The molecule has 4 rings (SSSR count). The van der Waals surface area contributed by atoms with E-state index >= 15 is 0 Å². The number of aromatic nitrogens is 2. The van der Waals surface area contributed by atoms with Crippen LogP contribution in [0.4, 0.5) is 5.69 Å². The molecular weight excluding hydrogens is 416 g/mol. The van der Waals surface area contributed by atoms with Crippen LogP contribution in [-0.4, -0.2) is 27.9 Å². The van der Waals surface area contributed by atoms with Crippen molar-refractivity contribution in [3.8, 4) is 0 Å². The van der Waals surface area contributed by atoms with E-state index < -0.39 is 0 Å². The zero-order valence-corrected chi connectivity index (χ0v) is 19.5. The zero-order valence-electron chi connectivity index (χ0n) is 19.5. The Balaban J connectivity index is 1.48. The molecule has 0 fully saturated rings. The van der Waals surface area contributed by atoms with Crippen molar-refractivity contribution in [2.75, 3.05) is 11.9 Å². The van der Waals surface area contributed by atoms with Gasteiger partial charge in [-0.25, -0.2) is 4.98 Å². The summed E-state index contributed by atoms with van der Waals surface area (Å²) in [5.41, 5.74) is 4.71. The number of aryl methyl sites for hydroxylation is 4. The van der Waals surface area contributed by atoms with Gasteiger partial charge in [-0.05, 0) is 62.9 Å². The summed E-state index contributed by atoms with van der Waals surface area (Å²) in [5.74, 6) is 0.114. The van der Waals surface area contributed by atoms with Gasteiger partial charge in [0, 0.05) is 24.2 Å². The third-order valence-corrected chi connectivity index (χ3v) is 6.18. The van der Waals surface area contributed by atoms with Crippen LogP contribution in [0.25, 0.3) is 10.9 Å². The SMILES string of the molecule is Cc1cc(C)c(NC(=O)CNC(=O)c2ccc3c(=O)n4c(nc3c2)CCCCCC4)c(C)c1. The summed E-state index contributed by atoms with van der Waals surface area (Å²) in [6, 6.07) is 8.92. The number of carbonyl (C=O) groups is 2. The molecule has 172 valence electrons. The van der Waals surface area contributed by atoms with Crippen LogP contribution in [0.3, 0.4) is 0 Å². The number of hydrogen-bond donors (Lipinski definition) is 2. The van der Waals surface area contributed by atoms with Crippen LogP contribution in [0.1, 0.15) is 58.6 Å². The highest BCUT2D eigenvalue weighted by atomic mass is 16.2. The van der Waals surface area contributed by atoms with E-state index in [4.69, 9.17) is 4.98 Å². The van der Waals surface area contributed by atoms with Gasteiger partial charge in [0.15, 0.2) is 0 Å². The Kier molecular flexibility index (Phi) is 6.58. The molecule has 1 aliphatic heterocycles. The van der Waals surface area contributed by atoms with Crippen LogP contribution in [0, 0.1) is 20.8 Å². The Hall–Kier alpha value is -3.48. The Morgan fingerprint density at radius 1 is 1.00 bits per heavy atom. The van der Waals surface area contributed by atoms with Crippen molar-refractivity contribution in [2.24, 2.45) is 0 Å². The predicted octanol–water partition coefficient (Wildman–Crippen LogP) is 3.81. The molecule has 1 aliphatic rings. The van der Waals surface area contributed by atoms with Gasteiger partial charge < -0.3 is 10.6 Å². The number of nitrogens with one attached hydrogen (secondary N) is 2. The normalized spacial score (nSPS) is 13.7. The van der Waals surface area contributed by atoms with Crippen molar-refractivity contribution in [2.45, 2.75) is 59.4 Å². The molecule has 7 heteroatoms. The average Bonchev–Trinajstić information content (AvgIpc) is 2.75. The maximum absolute atomic E-state index is 13.0. The maximum Gasteiger partial charge on any atom is 0.261 e. The molecule has 0 saturated heterocycles. The molecule has 2 aromatic carbocycles. The van der Waals surface area contributed by atoms with E-state index in [0.29, 0.717) is 23.0 Å². The number of fused-ring (bicyclic) bond motifs is 2. The summed E-state index contributed by atoms with van der Waals surface area (Å²) in [7, 11) is 0. The van der Waals surface area contributed by atoms with E-state index in [9.17, 15) is 14.4 Å². The lowest BCUT2D eigenvalue weighted by atomic mass is 10.1. The number of anilines is 1. The molecule has 0 radical (unpaired) electrons. The van der Waals surface area contributed by atoms with Crippen LogP contribution in [-0.2, 0) is 17.8 Å². The van der Waals surface area contributed by atoms with Crippen molar-refractivity contribution in [1.82, 2.24) is 14.9 Å². The van der Waals surface area contributed by atoms with E-state index in [1.54, 1.807) is 22.8 Å². The van der Waals surface area contributed by atoms with Gasteiger partial charge in [0.1, 0.15) is 5.82 Å². The quantitative estimate of drug-likeness (QED) is 0.637. The summed E-state index contributed by atoms with van der Waals surface area (Å²) < 4.78 is 1.78. The Labute approximate surface area is 193 Å². The van der Waals surface area contributed by atoms with Gasteiger partial charge in [-0.2, -0.15) is 0 Å². The molecule has 0 bridgehead atoms.